The fourth-order valence-corrected chi connectivity index (χ4v) is 4.55. The highest BCUT2D eigenvalue weighted by molar-refractivity contribution is 6.30. The molecule has 1 unspecified atom stereocenters. The quantitative estimate of drug-likeness (QED) is 0.552. The number of rotatable bonds is 4. The Morgan fingerprint density at radius 1 is 1.18 bits per heavy atom. The van der Waals surface area contributed by atoms with E-state index in [-0.39, 0.29) is 17.0 Å². The zero-order valence-corrected chi connectivity index (χ0v) is 19.7. The van der Waals surface area contributed by atoms with Crippen LogP contribution in [-0.4, -0.2) is 55.2 Å². The van der Waals surface area contributed by atoms with Crippen molar-refractivity contribution in [3.8, 4) is 5.75 Å². The van der Waals surface area contributed by atoms with Crippen molar-refractivity contribution in [3.05, 3.63) is 63.2 Å². The van der Waals surface area contributed by atoms with Crippen molar-refractivity contribution in [2.24, 2.45) is 0 Å². The lowest BCUT2D eigenvalue weighted by atomic mass is 10.0. The van der Waals surface area contributed by atoms with Crippen molar-refractivity contribution < 1.29 is 13.9 Å². The number of hydrogen-bond donors (Lipinski definition) is 2. The number of hydrazine groups is 1. The fraction of sp³-hybridized carbons (Fsp3) is 0.333. The van der Waals surface area contributed by atoms with Crippen LogP contribution in [0.4, 0.5) is 15.8 Å². The van der Waals surface area contributed by atoms with E-state index in [1.165, 1.54) is 12.3 Å². The van der Waals surface area contributed by atoms with Gasteiger partial charge in [0.15, 0.2) is 11.6 Å². The Labute approximate surface area is 200 Å². The number of benzene rings is 2. The largest absolute Gasteiger partial charge is 0.487 e. The predicted molar refractivity (Wildman–Crippen MR) is 131 cm³/mol. The summed E-state index contributed by atoms with van der Waals surface area (Å²) < 4.78 is 23.2. The van der Waals surface area contributed by atoms with Gasteiger partial charge < -0.3 is 19.1 Å². The average Bonchev–Trinajstić information content (AvgIpc) is 2.82. The van der Waals surface area contributed by atoms with Gasteiger partial charge in [-0.25, -0.2) is 4.39 Å². The molecular weight excluding hydrogens is 461 g/mol. The molecule has 178 valence electrons. The molecule has 2 aliphatic rings. The Hall–Kier alpha value is -3.30. The van der Waals surface area contributed by atoms with Crippen LogP contribution in [0.15, 0.2) is 41.3 Å². The molecule has 0 aliphatic carbocycles. The summed E-state index contributed by atoms with van der Waals surface area (Å²) in [5.74, 6) is -0.780. The first-order valence-corrected chi connectivity index (χ1v) is 11.5. The van der Waals surface area contributed by atoms with Gasteiger partial charge in [-0.15, -0.1) is 0 Å². The molecule has 34 heavy (non-hydrogen) atoms. The molecule has 0 spiro atoms. The van der Waals surface area contributed by atoms with Gasteiger partial charge in [0, 0.05) is 37.4 Å². The second-order valence-corrected chi connectivity index (χ2v) is 9.18. The number of piperazine rings is 1. The van der Waals surface area contributed by atoms with Gasteiger partial charge in [0.1, 0.15) is 17.9 Å². The summed E-state index contributed by atoms with van der Waals surface area (Å²) in [4.78, 5) is 30.4. The van der Waals surface area contributed by atoms with E-state index in [1.807, 2.05) is 23.4 Å². The van der Waals surface area contributed by atoms with E-state index in [2.05, 4.69) is 15.8 Å². The van der Waals surface area contributed by atoms with E-state index < -0.39 is 17.2 Å². The average molecular weight is 486 g/mol. The Morgan fingerprint density at radius 2 is 1.88 bits per heavy atom. The number of nitrogens with one attached hydrogen (secondary N) is 2. The Morgan fingerprint density at radius 3 is 2.59 bits per heavy atom. The predicted octanol–water partition coefficient (Wildman–Crippen LogP) is 3.26. The molecule has 8 nitrogen and oxygen atoms in total. The molecule has 3 heterocycles. The molecule has 0 saturated carbocycles. The van der Waals surface area contributed by atoms with Gasteiger partial charge in [0.05, 0.1) is 22.6 Å². The molecule has 0 bridgehead atoms. The fourth-order valence-electron chi connectivity index (χ4n) is 4.43. The number of ether oxygens (including phenoxy) is 1. The molecule has 1 fully saturated rings. The molecule has 3 aromatic rings. The summed E-state index contributed by atoms with van der Waals surface area (Å²) in [5.41, 5.74) is 6.17. The van der Waals surface area contributed by atoms with Crippen LogP contribution in [0.3, 0.4) is 0 Å². The van der Waals surface area contributed by atoms with Gasteiger partial charge >= 0.3 is 0 Å². The van der Waals surface area contributed by atoms with Gasteiger partial charge in [-0.1, -0.05) is 11.6 Å². The molecule has 2 aliphatic heterocycles. The molecule has 1 aromatic heterocycles. The highest BCUT2D eigenvalue weighted by Crippen LogP contribution is 2.42. The van der Waals surface area contributed by atoms with E-state index in [4.69, 9.17) is 16.3 Å². The molecule has 1 saturated heterocycles. The van der Waals surface area contributed by atoms with E-state index in [9.17, 15) is 9.59 Å². The van der Waals surface area contributed by atoms with Crippen LogP contribution in [0.2, 0.25) is 5.02 Å². The molecule has 1 atom stereocenters. The number of halogens is 2. The maximum Gasteiger partial charge on any atom is 0.275 e. The lowest BCUT2D eigenvalue weighted by molar-refractivity contribution is 0.0960. The topological polar surface area (TPSA) is 78.8 Å². The molecule has 1 amide bonds. The summed E-state index contributed by atoms with van der Waals surface area (Å²) in [5, 5.41) is 0.685. The maximum atomic E-state index is 15.4. The first kappa shape index (κ1) is 22.5. The zero-order valence-electron chi connectivity index (χ0n) is 18.9. The van der Waals surface area contributed by atoms with Crippen LogP contribution < -0.4 is 25.9 Å². The number of likely N-dealkylation sites (N-methyl/N-ethyl adjacent to an activating group) is 1. The molecule has 2 N–H and O–H groups in total. The number of anilines is 2. The number of carbonyl (C=O) groups excluding carboxylic acids is 1. The third kappa shape index (κ3) is 3.95. The van der Waals surface area contributed by atoms with Gasteiger partial charge in [-0.3, -0.25) is 20.4 Å². The third-order valence-electron chi connectivity index (χ3n) is 6.37. The first-order valence-electron chi connectivity index (χ1n) is 11.1. The molecular formula is C24H25ClFN5O3. The van der Waals surface area contributed by atoms with Crippen LogP contribution >= 0.6 is 11.6 Å². The van der Waals surface area contributed by atoms with Crippen molar-refractivity contribution in [2.75, 3.05) is 50.2 Å². The van der Waals surface area contributed by atoms with Crippen molar-refractivity contribution in [3.63, 3.8) is 0 Å². The van der Waals surface area contributed by atoms with Crippen molar-refractivity contribution in [1.29, 1.82) is 0 Å². The molecule has 10 heteroatoms. The SMILES string of the molecule is CC1COc2c(N3CCN(C)CC3)c(F)cc3c(=O)c(C(=O)NNc4ccc(Cl)cc4)cn1c23. The van der Waals surface area contributed by atoms with E-state index in [0.29, 0.717) is 47.4 Å². The maximum absolute atomic E-state index is 15.4. The van der Waals surface area contributed by atoms with E-state index >= 15 is 4.39 Å². The second kappa shape index (κ2) is 8.81. The highest BCUT2D eigenvalue weighted by atomic mass is 35.5. The molecule has 0 radical (unpaired) electrons. The summed E-state index contributed by atoms with van der Waals surface area (Å²) in [6.45, 7) is 5.16. The Balaban J connectivity index is 1.55. The summed E-state index contributed by atoms with van der Waals surface area (Å²) in [7, 11) is 2.03. The van der Waals surface area contributed by atoms with Crippen molar-refractivity contribution in [1.82, 2.24) is 14.9 Å². The van der Waals surface area contributed by atoms with E-state index in [1.54, 1.807) is 24.3 Å². The normalized spacial score (nSPS) is 18.0. The van der Waals surface area contributed by atoms with Crippen molar-refractivity contribution >= 4 is 39.8 Å². The van der Waals surface area contributed by atoms with Crippen LogP contribution in [0.5, 0.6) is 5.75 Å². The lowest BCUT2D eigenvalue weighted by Crippen LogP contribution is -2.45. The van der Waals surface area contributed by atoms with Crippen LogP contribution in [-0.2, 0) is 0 Å². The Bertz CT molecular complexity index is 1320. The minimum Gasteiger partial charge on any atom is -0.487 e. The summed E-state index contributed by atoms with van der Waals surface area (Å²) in [6, 6.07) is 7.83. The monoisotopic (exact) mass is 485 g/mol. The number of amides is 1. The molecule has 2 aromatic carbocycles. The van der Waals surface area contributed by atoms with Crippen LogP contribution in [0, 0.1) is 5.82 Å². The van der Waals surface area contributed by atoms with Crippen LogP contribution in [0.25, 0.3) is 10.9 Å². The highest BCUT2D eigenvalue weighted by Gasteiger charge is 2.31. The van der Waals surface area contributed by atoms with Crippen molar-refractivity contribution in [2.45, 2.75) is 13.0 Å². The smallest absolute Gasteiger partial charge is 0.275 e. The van der Waals surface area contributed by atoms with Gasteiger partial charge in [-0.2, -0.15) is 0 Å². The molecule has 5 rings (SSSR count). The number of aromatic nitrogens is 1. The summed E-state index contributed by atoms with van der Waals surface area (Å²) in [6.07, 6.45) is 1.53. The Kier molecular flexibility index (Phi) is 5.83. The number of carbonyl (C=O) groups is 1. The first-order chi connectivity index (χ1) is 16.3. The third-order valence-corrected chi connectivity index (χ3v) is 6.62. The van der Waals surface area contributed by atoms with E-state index in [0.717, 1.165) is 13.1 Å². The van der Waals surface area contributed by atoms with Gasteiger partial charge in [0.25, 0.3) is 5.91 Å². The second-order valence-electron chi connectivity index (χ2n) is 8.75. The minimum atomic E-state index is -0.616. The van der Waals surface area contributed by atoms with Crippen LogP contribution in [0.1, 0.15) is 23.3 Å². The number of hydrogen-bond acceptors (Lipinski definition) is 6. The number of pyridine rings is 1. The van der Waals surface area contributed by atoms with Gasteiger partial charge in [0.2, 0.25) is 5.43 Å². The standard InChI is InChI=1S/C24H25ClFN5O3/c1-14-13-34-23-20-17(11-19(26)21(23)30-9-7-29(2)8-10-30)22(32)18(12-31(14)20)24(33)28-27-16-5-3-15(25)4-6-16/h3-6,11-12,14,27H,7-10,13H2,1-2H3,(H,28,33). The summed E-state index contributed by atoms with van der Waals surface area (Å²) >= 11 is 5.89. The lowest BCUT2D eigenvalue weighted by Gasteiger charge is -2.37. The zero-order chi connectivity index (χ0) is 24.0. The minimum absolute atomic E-state index is 0.0830. The van der Waals surface area contributed by atoms with Gasteiger partial charge in [-0.05, 0) is 44.3 Å². The number of nitrogens with zero attached hydrogens (tertiary/aromatic N) is 3.